The molecule has 3 aliphatic heterocycles. The number of Topliss-reactive ketones (excluding diaryl/α,β-unsaturated/α-hetero) is 1. The van der Waals surface area contributed by atoms with E-state index in [0.717, 1.165) is 0 Å². The second-order valence-corrected chi connectivity index (χ2v) is 9.82. The van der Waals surface area contributed by atoms with E-state index in [1.54, 1.807) is 0 Å². The van der Waals surface area contributed by atoms with Gasteiger partial charge >= 0.3 is 0 Å². The van der Waals surface area contributed by atoms with Gasteiger partial charge in [-0.1, -0.05) is 13.8 Å². The minimum atomic E-state index is -1.11. The highest BCUT2D eigenvalue weighted by atomic mass is 16.3. The van der Waals surface area contributed by atoms with Crippen LogP contribution in [-0.4, -0.2) is 103 Å². The molecule has 3 amide bonds. The Morgan fingerprint density at radius 2 is 1.35 bits per heavy atom. The van der Waals surface area contributed by atoms with Crippen molar-refractivity contribution >= 4 is 23.5 Å². The van der Waals surface area contributed by atoms with E-state index >= 15 is 0 Å². The fourth-order valence-electron chi connectivity index (χ4n) is 5.70. The molecule has 10 heteroatoms. The molecule has 3 rings (SSSR count). The smallest absolute Gasteiger partial charge is 0.245 e. The molecular formula is C21H34N4O6. The highest BCUT2D eigenvalue weighted by Crippen LogP contribution is 2.52. The Hall–Kier alpha value is -2.04. The van der Waals surface area contributed by atoms with Crippen molar-refractivity contribution in [2.75, 3.05) is 19.6 Å². The maximum absolute atomic E-state index is 13.4. The van der Waals surface area contributed by atoms with Gasteiger partial charge in [0.2, 0.25) is 17.7 Å². The number of amides is 3. The van der Waals surface area contributed by atoms with Crippen molar-refractivity contribution in [3.05, 3.63) is 0 Å². The van der Waals surface area contributed by atoms with E-state index in [9.17, 15) is 29.4 Å². The molecule has 3 aliphatic rings. The fourth-order valence-corrected chi connectivity index (χ4v) is 5.70. The van der Waals surface area contributed by atoms with Gasteiger partial charge in [0.1, 0.15) is 23.2 Å². The first-order valence-corrected chi connectivity index (χ1v) is 10.9. The minimum absolute atomic E-state index is 0.166. The lowest BCUT2D eigenvalue weighted by Crippen LogP contribution is -2.83. The van der Waals surface area contributed by atoms with Gasteiger partial charge in [0.15, 0.2) is 5.78 Å². The number of β-lactam (4-membered cyclic amide) rings is 2. The highest BCUT2D eigenvalue weighted by Gasteiger charge is 2.73. The minimum Gasteiger partial charge on any atom is -0.391 e. The number of carbonyl (C=O) groups excluding carboxylic acids is 4. The third-order valence-corrected chi connectivity index (χ3v) is 7.01. The molecule has 6 atom stereocenters. The number of primary amides is 1. The zero-order valence-corrected chi connectivity index (χ0v) is 18.9. The van der Waals surface area contributed by atoms with E-state index in [1.165, 1.54) is 30.6 Å². The molecule has 10 nitrogen and oxygen atoms in total. The summed E-state index contributed by atoms with van der Waals surface area (Å²) in [5, 5.41) is 20.0. The number of nitrogens with two attached hydrogens (primary N) is 1. The summed E-state index contributed by atoms with van der Waals surface area (Å²) in [6.45, 7) is 9.22. The number of hydrogen-bond acceptors (Lipinski definition) is 7. The Balaban J connectivity index is 1.89. The van der Waals surface area contributed by atoms with Crippen LogP contribution in [0.1, 0.15) is 47.5 Å². The Morgan fingerprint density at radius 1 is 0.935 bits per heavy atom. The normalized spacial score (nSPS) is 32.3. The first-order chi connectivity index (χ1) is 14.3. The van der Waals surface area contributed by atoms with E-state index < -0.39 is 41.3 Å². The van der Waals surface area contributed by atoms with Crippen LogP contribution in [0.15, 0.2) is 0 Å². The number of rotatable bonds is 8. The molecule has 0 aromatic carbocycles. The Labute approximate surface area is 182 Å². The maximum Gasteiger partial charge on any atom is 0.245 e. The van der Waals surface area contributed by atoms with Crippen LogP contribution in [0.3, 0.4) is 0 Å². The van der Waals surface area contributed by atoms with Gasteiger partial charge in [-0.2, -0.15) is 0 Å². The van der Waals surface area contributed by atoms with E-state index in [4.69, 9.17) is 5.73 Å². The maximum atomic E-state index is 13.4. The van der Waals surface area contributed by atoms with Gasteiger partial charge in [-0.05, 0) is 39.5 Å². The molecule has 0 aromatic heterocycles. The lowest BCUT2D eigenvalue weighted by molar-refractivity contribution is -0.192. The van der Waals surface area contributed by atoms with Gasteiger partial charge in [-0.3, -0.25) is 24.1 Å². The van der Waals surface area contributed by atoms with E-state index in [0.29, 0.717) is 19.4 Å². The Bertz CT molecular complexity index is 739. The molecule has 3 fully saturated rings. The number of carbonyl (C=O) groups is 4. The number of hydrogen-bond donors (Lipinski definition) is 3. The third kappa shape index (κ3) is 3.35. The summed E-state index contributed by atoms with van der Waals surface area (Å²) in [4.78, 5) is 55.2. The molecule has 0 bridgehead atoms. The summed E-state index contributed by atoms with van der Waals surface area (Å²) >= 11 is 0. The van der Waals surface area contributed by atoms with Crippen LogP contribution in [0, 0.1) is 5.92 Å². The molecule has 174 valence electrons. The molecular weight excluding hydrogens is 404 g/mol. The van der Waals surface area contributed by atoms with E-state index in [-0.39, 0.29) is 36.6 Å². The average Bonchev–Trinajstić information content (AvgIpc) is 2.97. The zero-order valence-electron chi connectivity index (χ0n) is 18.9. The molecule has 0 saturated carbocycles. The zero-order chi connectivity index (χ0) is 23.5. The van der Waals surface area contributed by atoms with Gasteiger partial charge in [0.25, 0.3) is 0 Å². The number of nitrogens with zero attached hydrogens (tertiary/aromatic N) is 3. The first-order valence-electron chi connectivity index (χ1n) is 10.9. The predicted octanol–water partition coefficient (Wildman–Crippen LogP) is -1.53. The van der Waals surface area contributed by atoms with Gasteiger partial charge in [0.05, 0.1) is 12.2 Å². The summed E-state index contributed by atoms with van der Waals surface area (Å²) in [5.74, 6) is -1.44. The van der Waals surface area contributed by atoms with Gasteiger partial charge < -0.3 is 25.7 Å². The summed E-state index contributed by atoms with van der Waals surface area (Å²) in [6.07, 6.45) is -1.19. The van der Waals surface area contributed by atoms with Crippen molar-refractivity contribution in [3.8, 4) is 0 Å². The summed E-state index contributed by atoms with van der Waals surface area (Å²) in [6, 6.07) is -2.01. The lowest BCUT2D eigenvalue weighted by atomic mass is 9.82. The number of ketones is 1. The standard InChI is InChI=1S/C21H34N4O6/c1-11(2)8-25-20(9-23(18(20)30)15(12(3)26)13(4)27)6-7-21(25)10-24(19(21)31)16(14(5)28)17(22)29/h11-12,14-16,26,28H,6-10H2,1-5H3,(H2,22,29)/t12-,14-,15+,16+,20?,21?/m1/s1. The second-order valence-electron chi connectivity index (χ2n) is 9.82. The van der Waals surface area contributed by atoms with Crippen molar-refractivity contribution in [2.24, 2.45) is 11.7 Å². The topological polar surface area (TPSA) is 144 Å². The highest BCUT2D eigenvalue weighted by molar-refractivity contribution is 6.02. The summed E-state index contributed by atoms with van der Waals surface area (Å²) in [5.41, 5.74) is 3.58. The van der Waals surface area contributed by atoms with Crippen LogP contribution in [0.25, 0.3) is 0 Å². The molecule has 3 saturated heterocycles. The average molecular weight is 439 g/mol. The molecule has 0 radical (unpaired) electrons. The molecule has 4 N–H and O–H groups in total. The van der Waals surface area contributed by atoms with E-state index in [1.807, 2.05) is 18.7 Å². The molecule has 0 aliphatic carbocycles. The molecule has 0 aromatic rings. The molecule has 2 spiro atoms. The SMILES string of the molecule is CC(=O)[C@H]([C@@H](C)O)N1CC2(CCC3(CN([C@H](C(N)=O)[C@@H](C)O)C3=O)N2CC(C)C)C1=O. The number of likely N-dealkylation sites (tertiary alicyclic amines) is 3. The van der Waals surface area contributed by atoms with Gasteiger partial charge in [-0.15, -0.1) is 0 Å². The Kier molecular flexibility index (Phi) is 5.96. The summed E-state index contributed by atoms with van der Waals surface area (Å²) in [7, 11) is 0. The molecule has 3 heterocycles. The second kappa shape index (κ2) is 7.83. The van der Waals surface area contributed by atoms with Crippen molar-refractivity contribution in [1.29, 1.82) is 0 Å². The fraction of sp³-hybridized carbons (Fsp3) is 0.810. The quantitative estimate of drug-likeness (QED) is 0.390. The monoisotopic (exact) mass is 438 g/mol. The van der Waals surface area contributed by atoms with Crippen LogP contribution in [0.4, 0.5) is 0 Å². The lowest BCUT2D eigenvalue weighted by Gasteiger charge is -2.60. The molecule has 31 heavy (non-hydrogen) atoms. The predicted molar refractivity (Wildman–Crippen MR) is 110 cm³/mol. The van der Waals surface area contributed by atoms with Crippen LogP contribution in [-0.2, 0) is 19.2 Å². The van der Waals surface area contributed by atoms with Crippen molar-refractivity contribution in [1.82, 2.24) is 14.7 Å². The van der Waals surface area contributed by atoms with Crippen molar-refractivity contribution in [2.45, 2.75) is 82.8 Å². The number of aliphatic hydroxyl groups excluding tert-OH is 2. The molecule has 2 unspecified atom stereocenters. The largest absolute Gasteiger partial charge is 0.391 e. The van der Waals surface area contributed by atoms with Crippen LogP contribution in [0.2, 0.25) is 0 Å². The third-order valence-electron chi connectivity index (χ3n) is 7.01. The van der Waals surface area contributed by atoms with Crippen LogP contribution < -0.4 is 5.73 Å². The van der Waals surface area contributed by atoms with Gasteiger partial charge in [0, 0.05) is 19.6 Å². The summed E-state index contributed by atoms with van der Waals surface area (Å²) < 4.78 is 0. The van der Waals surface area contributed by atoms with Gasteiger partial charge in [-0.25, -0.2) is 0 Å². The van der Waals surface area contributed by atoms with Crippen LogP contribution in [0.5, 0.6) is 0 Å². The van der Waals surface area contributed by atoms with Crippen molar-refractivity contribution < 1.29 is 29.4 Å². The first kappa shape index (κ1) is 23.6. The van der Waals surface area contributed by atoms with E-state index in [2.05, 4.69) is 0 Å². The Morgan fingerprint density at radius 3 is 1.65 bits per heavy atom. The van der Waals surface area contributed by atoms with Crippen LogP contribution >= 0.6 is 0 Å². The number of aliphatic hydroxyl groups is 2. The van der Waals surface area contributed by atoms with Crippen molar-refractivity contribution in [3.63, 3.8) is 0 Å².